The molecule has 3 aromatic rings. The van der Waals surface area contributed by atoms with Crippen molar-refractivity contribution in [3.05, 3.63) is 88.2 Å². The van der Waals surface area contributed by atoms with Crippen molar-refractivity contribution in [2.75, 3.05) is 0 Å². The molecule has 1 amide bonds. The summed E-state index contributed by atoms with van der Waals surface area (Å²) < 4.78 is 0. The summed E-state index contributed by atoms with van der Waals surface area (Å²) in [5.74, 6) is -0.214. The molecule has 25 heavy (non-hydrogen) atoms. The third-order valence-corrected chi connectivity index (χ3v) is 4.51. The Morgan fingerprint density at radius 1 is 0.960 bits per heavy atom. The molecule has 0 bridgehead atoms. The largest absolute Gasteiger partial charge is 0.345 e. The monoisotopic (exact) mass is 370 g/mol. The van der Waals surface area contributed by atoms with Gasteiger partial charge in [0.05, 0.1) is 16.6 Å². The van der Waals surface area contributed by atoms with Crippen LogP contribution in [-0.2, 0) is 0 Å². The molecule has 0 aliphatic heterocycles. The average Bonchev–Trinajstić information content (AvgIpc) is 2.62. The molecule has 0 saturated carbocycles. The minimum atomic E-state index is -0.214. The van der Waals surface area contributed by atoms with Gasteiger partial charge in [-0.1, -0.05) is 41.4 Å². The van der Waals surface area contributed by atoms with Crippen LogP contribution in [-0.4, -0.2) is 10.9 Å². The molecular formula is C20H16Cl2N2O. The number of halogens is 2. The number of carbonyl (C=O) groups excluding carboxylic acids is 1. The molecular weight excluding hydrogens is 355 g/mol. The molecule has 0 aliphatic rings. The van der Waals surface area contributed by atoms with Gasteiger partial charge in [0.2, 0.25) is 0 Å². The van der Waals surface area contributed by atoms with Gasteiger partial charge in [0.15, 0.2) is 0 Å². The lowest BCUT2D eigenvalue weighted by Gasteiger charge is -2.15. The second-order valence-electron chi connectivity index (χ2n) is 5.68. The van der Waals surface area contributed by atoms with Gasteiger partial charge in [0, 0.05) is 17.4 Å². The number of amides is 1. The van der Waals surface area contributed by atoms with Crippen LogP contribution >= 0.6 is 23.2 Å². The highest BCUT2D eigenvalue weighted by Crippen LogP contribution is 2.26. The Morgan fingerprint density at radius 3 is 2.28 bits per heavy atom. The highest BCUT2D eigenvalue weighted by atomic mass is 35.5. The maximum atomic E-state index is 12.5. The topological polar surface area (TPSA) is 42.0 Å². The molecule has 5 heteroatoms. The van der Waals surface area contributed by atoms with Gasteiger partial charge < -0.3 is 5.32 Å². The number of hydrogen-bond acceptors (Lipinski definition) is 2. The first-order chi connectivity index (χ1) is 12.0. The van der Waals surface area contributed by atoms with E-state index in [0.717, 1.165) is 16.7 Å². The summed E-state index contributed by atoms with van der Waals surface area (Å²) in [6, 6.07) is 16.4. The molecule has 0 spiro atoms. The fourth-order valence-corrected chi connectivity index (χ4v) is 2.92. The zero-order valence-electron chi connectivity index (χ0n) is 13.5. The predicted molar refractivity (Wildman–Crippen MR) is 102 cm³/mol. The zero-order chi connectivity index (χ0) is 17.8. The summed E-state index contributed by atoms with van der Waals surface area (Å²) in [4.78, 5) is 16.5. The summed E-state index contributed by atoms with van der Waals surface area (Å²) in [5.41, 5.74) is 3.36. The lowest BCUT2D eigenvalue weighted by atomic mass is 10.0. The smallest absolute Gasteiger partial charge is 0.253 e. The van der Waals surface area contributed by atoms with E-state index in [-0.39, 0.29) is 11.9 Å². The lowest BCUT2D eigenvalue weighted by Crippen LogP contribution is -2.26. The molecule has 1 N–H and O–H groups in total. The van der Waals surface area contributed by atoms with Crippen LogP contribution in [0.5, 0.6) is 0 Å². The molecule has 0 fully saturated rings. The van der Waals surface area contributed by atoms with Gasteiger partial charge >= 0.3 is 0 Å². The molecule has 3 rings (SSSR count). The molecule has 0 saturated heterocycles. The van der Waals surface area contributed by atoms with E-state index in [4.69, 9.17) is 23.2 Å². The van der Waals surface area contributed by atoms with Crippen LogP contribution in [0.2, 0.25) is 10.0 Å². The Labute approximate surface area is 156 Å². The fraction of sp³-hybridized carbons (Fsp3) is 0.100. The maximum Gasteiger partial charge on any atom is 0.253 e. The number of rotatable bonds is 4. The van der Waals surface area contributed by atoms with E-state index >= 15 is 0 Å². The van der Waals surface area contributed by atoms with E-state index < -0.39 is 0 Å². The number of nitrogens with zero attached hydrogens (tertiary/aromatic N) is 1. The van der Waals surface area contributed by atoms with Crippen molar-refractivity contribution < 1.29 is 4.79 Å². The molecule has 2 aromatic carbocycles. The quantitative estimate of drug-likeness (QED) is 0.654. The van der Waals surface area contributed by atoms with Crippen LogP contribution in [0.4, 0.5) is 0 Å². The lowest BCUT2D eigenvalue weighted by molar-refractivity contribution is 0.0940. The first-order valence-electron chi connectivity index (χ1n) is 7.81. The number of carbonyl (C=O) groups is 1. The Hall–Kier alpha value is -2.36. The summed E-state index contributed by atoms with van der Waals surface area (Å²) in [5, 5.41) is 4.03. The van der Waals surface area contributed by atoms with Gasteiger partial charge in [-0.05, 0) is 60.0 Å². The number of pyridine rings is 1. The first kappa shape index (κ1) is 17.5. The van der Waals surface area contributed by atoms with Crippen LogP contribution in [0, 0.1) is 0 Å². The second-order valence-corrected chi connectivity index (χ2v) is 6.52. The molecule has 0 aliphatic carbocycles. The van der Waals surface area contributed by atoms with Gasteiger partial charge in [0.1, 0.15) is 0 Å². The number of hydrogen-bond donors (Lipinski definition) is 1. The molecule has 0 radical (unpaired) electrons. The second kappa shape index (κ2) is 7.68. The van der Waals surface area contributed by atoms with E-state index in [1.165, 1.54) is 0 Å². The molecule has 1 atom stereocenters. The Morgan fingerprint density at radius 2 is 1.64 bits per heavy atom. The first-order valence-corrected chi connectivity index (χ1v) is 8.56. The Bertz CT molecular complexity index is 880. The summed E-state index contributed by atoms with van der Waals surface area (Å²) in [7, 11) is 0. The van der Waals surface area contributed by atoms with Gasteiger partial charge in [-0.3, -0.25) is 9.78 Å². The minimum absolute atomic E-state index is 0.152. The minimum Gasteiger partial charge on any atom is -0.345 e. The van der Waals surface area contributed by atoms with Gasteiger partial charge in [0.25, 0.3) is 5.91 Å². The van der Waals surface area contributed by atoms with Crippen molar-refractivity contribution in [2.24, 2.45) is 0 Å². The average molecular weight is 371 g/mol. The van der Waals surface area contributed by atoms with Crippen molar-refractivity contribution in [1.82, 2.24) is 10.3 Å². The van der Waals surface area contributed by atoms with Crippen LogP contribution in [0.1, 0.15) is 28.9 Å². The van der Waals surface area contributed by atoms with Crippen molar-refractivity contribution in [1.29, 1.82) is 0 Å². The Kier molecular flexibility index (Phi) is 5.37. The van der Waals surface area contributed by atoms with Crippen molar-refractivity contribution >= 4 is 29.1 Å². The van der Waals surface area contributed by atoms with E-state index in [0.29, 0.717) is 15.6 Å². The van der Waals surface area contributed by atoms with Crippen LogP contribution in [0.25, 0.3) is 11.1 Å². The molecule has 1 aromatic heterocycles. The summed E-state index contributed by atoms with van der Waals surface area (Å²) in [6.07, 6.45) is 3.44. The number of aromatic nitrogens is 1. The standard InChI is InChI=1S/C20H16Cl2N2O/c1-13(14-2-5-17(21)6-3-14)24-20(25)18-7-4-16(12-19(18)22)15-8-10-23-11-9-15/h2-13H,1H3,(H,24,25). The van der Waals surface area contributed by atoms with E-state index in [1.54, 1.807) is 36.7 Å². The third kappa shape index (κ3) is 4.19. The van der Waals surface area contributed by atoms with E-state index in [1.807, 2.05) is 37.3 Å². The summed E-state index contributed by atoms with van der Waals surface area (Å²) in [6.45, 7) is 1.92. The number of nitrogens with one attached hydrogen (secondary N) is 1. The highest BCUT2D eigenvalue weighted by molar-refractivity contribution is 6.34. The fourth-order valence-electron chi connectivity index (χ4n) is 2.53. The Balaban J connectivity index is 1.77. The van der Waals surface area contributed by atoms with Crippen LogP contribution in [0.3, 0.4) is 0 Å². The van der Waals surface area contributed by atoms with Crippen LogP contribution < -0.4 is 5.32 Å². The van der Waals surface area contributed by atoms with Crippen molar-refractivity contribution in [3.63, 3.8) is 0 Å². The third-order valence-electron chi connectivity index (χ3n) is 3.94. The normalized spacial score (nSPS) is 11.8. The van der Waals surface area contributed by atoms with Gasteiger partial charge in [-0.2, -0.15) is 0 Å². The molecule has 1 heterocycles. The zero-order valence-corrected chi connectivity index (χ0v) is 15.1. The maximum absolute atomic E-state index is 12.5. The molecule has 126 valence electrons. The summed E-state index contributed by atoms with van der Waals surface area (Å²) >= 11 is 12.2. The van der Waals surface area contributed by atoms with Crippen molar-refractivity contribution in [2.45, 2.75) is 13.0 Å². The molecule has 3 nitrogen and oxygen atoms in total. The highest BCUT2D eigenvalue weighted by Gasteiger charge is 2.15. The van der Waals surface area contributed by atoms with E-state index in [9.17, 15) is 4.79 Å². The van der Waals surface area contributed by atoms with Gasteiger partial charge in [-0.25, -0.2) is 0 Å². The molecule has 1 unspecified atom stereocenters. The van der Waals surface area contributed by atoms with Crippen LogP contribution in [0.15, 0.2) is 67.0 Å². The van der Waals surface area contributed by atoms with Gasteiger partial charge in [-0.15, -0.1) is 0 Å². The van der Waals surface area contributed by atoms with Crippen molar-refractivity contribution in [3.8, 4) is 11.1 Å². The SMILES string of the molecule is CC(NC(=O)c1ccc(-c2ccncc2)cc1Cl)c1ccc(Cl)cc1. The number of benzene rings is 2. The predicted octanol–water partition coefficient (Wildman–Crippen LogP) is 5.55. The van der Waals surface area contributed by atoms with E-state index in [2.05, 4.69) is 10.3 Å².